The highest BCUT2D eigenvalue weighted by Gasteiger charge is 2.34. The summed E-state index contributed by atoms with van der Waals surface area (Å²) < 4.78 is 5.48. The van der Waals surface area contributed by atoms with Gasteiger partial charge >= 0.3 is 0 Å². The fourth-order valence-corrected chi connectivity index (χ4v) is 2.00. The van der Waals surface area contributed by atoms with Crippen LogP contribution in [-0.4, -0.2) is 48.0 Å². The van der Waals surface area contributed by atoms with E-state index in [4.69, 9.17) is 4.74 Å². The lowest BCUT2D eigenvalue weighted by Crippen LogP contribution is -2.54. The molecule has 78 valence electrons. The van der Waals surface area contributed by atoms with Crippen molar-refractivity contribution in [1.29, 1.82) is 0 Å². The number of rotatable bonds is 2. The molecule has 1 aliphatic heterocycles. The van der Waals surface area contributed by atoms with Crippen LogP contribution in [0.1, 0.15) is 27.2 Å². The van der Waals surface area contributed by atoms with E-state index in [0.29, 0.717) is 12.6 Å². The van der Waals surface area contributed by atoms with Gasteiger partial charge < -0.3 is 9.84 Å². The number of hydrogen-bond donors (Lipinski definition) is 1. The SMILES string of the molecule is CC(C)N1CCCOC[C@@]1(C)CO. The molecule has 1 heterocycles. The molecule has 0 unspecified atom stereocenters. The molecular formula is C10H21NO2. The lowest BCUT2D eigenvalue weighted by atomic mass is 10.0. The Kier molecular flexibility index (Phi) is 3.71. The van der Waals surface area contributed by atoms with Crippen molar-refractivity contribution in [3.63, 3.8) is 0 Å². The van der Waals surface area contributed by atoms with E-state index in [-0.39, 0.29) is 12.1 Å². The first-order valence-electron chi connectivity index (χ1n) is 5.05. The van der Waals surface area contributed by atoms with Crippen LogP contribution in [-0.2, 0) is 4.74 Å². The molecule has 0 aliphatic carbocycles. The van der Waals surface area contributed by atoms with Gasteiger partial charge in [0.05, 0.1) is 18.8 Å². The summed E-state index contributed by atoms with van der Waals surface area (Å²) in [4.78, 5) is 2.33. The number of nitrogens with zero attached hydrogens (tertiary/aromatic N) is 1. The van der Waals surface area contributed by atoms with Crippen LogP contribution in [0.4, 0.5) is 0 Å². The third-order valence-corrected chi connectivity index (χ3v) is 2.76. The summed E-state index contributed by atoms with van der Waals surface area (Å²) in [5.41, 5.74) is -0.190. The van der Waals surface area contributed by atoms with Gasteiger partial charge in [-0.2, -0.15) is 0 Å². The van der Waals surface area contributed by atoms with Gasteiger partial charge in [0.25, 0.3) is 0 Å². The molecule has 3 heteroatoms. The number of aliphatic hydroxyl groups excluding tert-OH is 1. The van der Waals surface area contributed by atoms with Crippen LogP contribution in [0.15, 0.2) is 0 Å². The summed E-state index contributed by atoms with van der Waals surface area (Å²) in [6.45, 7) is 9.05. The largest absolute Gasteiger partial charge is 0.394 e. The summed E-state index contributed by atoms with van der Waals surface area (Å²) in [7, 11) is 0. The Bertz CT molecular complexity index is 161. The second-order valence-electron chi connectivity index (χ2n) is 4.35. The van der Waals surface area contributed by atoms with Crippen molar-refractivity contribution in [2.45, 2.75) is 38.8 Å². The van der Waals surface area contributed by atoms with Crippen LogP contribution < -0.4 is 0 Å². The Hall–Kier alpha value is -0.120. The van der Waals surface area contributed by atoms with Crippen molar-refractivity contribution in [1.82, 2.24) is 4.90 Å². The first-order chi connectivity index (χ1) is 6.10. The van der Waals surface area contributed by atoms with Gasteiger partial charge in [-0.1, -0.05) is 0 Å². The number of hydrogen-bond acceptors (Lipinski definition) is 3. The third-order valence-electron chi connectivity index (χ3n) is 2.76. The highest BCUT2D eigenvalue weighted by molar-refractivity contribution is 4.89. The fourth-order valence-electron chi connectivity index (χ4n) is 2.00. The molecule has 0 aromatic rings. The molecule has 0 amide bonds. The molecule has 13 heavy (non-hydrogen) atoms. The predicted molar refractivity (Wildman–Crippen MR) is 52.8 cm³/mol. The van der Waals surface area contributed by atoms with Gasteiger partial charge in [-0.05, 0) is 27.2 Å². The lowest BCUT2D eigenvalue weighted by molar-refractivity contribution is -0.0165. The molecule has 0 spiro atoms. The van der Waals surface area contributed by atoms with Gasteiger partial charge in [0.2, 0.25) is 0 Å². The summed E-state index contributed by atoms with van der Waals surface area (Å²) in [6, 6.07) is 0.471. The standard InChI is InChI=1S/C10H21NO2/c1-9(2)11-5-4-6-13-8-10(11,3)7-12/h9,12H,4-8H2,1-3H3/t10-/m1/s1. The Morgan fingerprint density at radius 2 is 2.23 bits per heavy atom. The highest BCUT2D eigenvalue weighted by atomic mass is 16.5. The van der Waals surface area contributed by atoms with Crippen LogP contribution in [0.25, 0.3) is 0 Å². The van der Waals surface area contributed by atoms with Crippen molar-refractivity contribution >= 4 is 0 Å². The van der Waals surface area contributed by atoms with Crippen molar-refractivity contribution in [3.8, 4) is 0 Å². The molecule has 3 nitrogen and oxygen atoms in total. The Balaban J connectivity index is 2.72. The quantitative estimate of drug-likeness (QED) is 0.696. The monoisotopic (exact) mass is 187 g/mol. The van der Waals surface area contributed by atoms with E-state index in [1.54, 1.807) is 0 Å². The molecule has 0 aromatic heterocycles. The first-order valence-corrected chi connectivity index (χ1v) is 5.05. The van der Waals surface area contributed by atoms with E-state index in [0.717, 1.165) is 19.6 Å². The molecule has 1 aliphatic rings. The average Bonchev–Trinajstić information content (AvgIpc) is 2.27. The van der Waals surface area contributed by atoms with Crippen LogP contribution in [0.2, 0.25) is 0 Å². The fraction of sp³-hybridized carbons (Fsp3) is 1.00. The normalized spacial score (nSPS) is 32.1. The second-order valence-corrected chi connectivity index (χ2v) is 4.35. The van der Waals surface area contributed by atoms with Gasteiger partial charge in [-0.15, -0.1) is 0 Å². The number of ether oxygens (including phenoxy) is 1. The minimum atomic E-state index is -0.190. The molecule has 1 saturated heterocycles. The third kappa shape index (κ3) is 2.42. The highest BCUT2D eigenvalue weighted by Crippen LogP contribution is 2.21. The maximum atomic E-state index is 9.37. The molecule has 1 N–H and O–H groups in total. The molecule has 0 radical (unpaired) electrons. The van der Waals surface area contributed by atoms with E-state index >= 15 is 0 Å². The van der Waals surface area contributed by atoms with Crippen LogP contribution in [0, 0.1) is 0 Å². The van der Waals surface area contributed by atoms with Crippen LogP contribution >= 0.6 is 0 Å². The second kappa shape index (κ2) is 4.40. The molecule has 1 fully saturated rings. The van der Waals surface area contributed by atoms with Gasteiger partial charge in [0, 0.05) is 19.2 Å². The van der Waals surface area contributed by atoms with Gasteiger partial charge in [-0.3, -0.25) is 4.90 Å². The molecule has 1 atom stereocenters. The lowest BCUT2D eigenvalue weighted by Gasteiger charge is -2.40. The maximum absolute atomic E-state index is 9.37. The zero-order chi connectivity index (χ0) is 9.90. The average molecular weight is 187 g/mol. The van der Waals surface area contributed by atoms with E-state index in [1.165, 1.54) is 0 Å². The van der Waals surface area contributed by atoms with E-state index in [1.807, 2.05) is 0 Å². The molecule has 1 rings (SSSR count). The van der Waals surface area contributed by atoms with Crippen LogP contribution in [0.5, 0.6) is 0 Å². The smallest absolute Gasteiger partial charge is 0.0670 e. The zero-order valence-electron chi connectivity index (χ0n) is 8.92. The summed E-state index contributed by atoms with van der Waals surface area (Å²) in [5.74, 6) is 0. The minimum absolute atomic E-state index is 0.172. The van der Waals surface area contributed by atoms with Crippen molar-refractivity contribution in [2.24, 2.45) is 0 Å². The molecule has 0 bridgehead atoms. The Morgan fingerprint density at radius 3 is 2.77 bits per heavy atom. The maximum Gasteiger partial charge on any atom is 0.0670 e. The number of aliphatic hydroxyl groups is 1. The Morgan fingerprint density at radius 1 is 1.54 bits per heavy atom. The summed E-state index contributed by atoms with van der Waals surface area (Å²) in [6.07, 6.45) is 1.06. The predicted octanol–water partition coefficient (Wildman–Crippen LogP) is 0.868. The van der Waals surface area contributed by atoms with Crippen molar-refractivity contribution < 1.29 is 9.84 Å². The Labute approximate surface area is 80.7 Å². The topological polar surface area (TPSA) is 32.7 Å². The zero-order valence-corrected chi connectivity index (χ0v) is 8.92. The van der Waals surface area contributed by atoms with E-state index < -0.39 is 0 Å². The first kappa shape index (κ1) is 11.0. The molecular weight excluding hydrogens is 166 g/mol. The van der Waals surface area contributed by atoms with Crippen LogP contribution in [0.3, 0.4) is 0 Å². The van der Waals surface area contributed by atoms with Gasteiger partial charge in [0.1, 0.15) is 0 Å². The van der Waals surface area contributed by atoms with Gasteiger partial charge in [0.15, 0.2) is 0 Å². The van der Waals surface area contributed by atoms with E-state index in [9.17, 15) is 5.11 Å². The van der Waals surface area contributed by atoms with Gasteiger partial charge in [-0.25, -0.2) is 0 Å². The van der Waals surface area contributed by atoms with E-state index in [2.05, 4.69) is 25.7 Å². The van der Waals surface area contributed by atoms with Crippen molar-refractivity contribution in [3.05, 3.63) is 0 Å². The summed E-state index contributed by atoms with van der Waals surface area (Å²) in [5, 5.41) is 9.37. The van der Waals surface area contributed by atoms with Crippen molar-refractivity contribution in [2.75, 3.05) is 26.4 Å². The minimum Gasteiger partial charge on any atom is -0.394 e. The molecule has 0 aromatic carbocycles. The summed E-state index contributed by atoms with van der Waals surface area (Å²) >= 11 is 0. The molecule has 0 saturated carbocycles.